The van der Waals surface area contributed by atoms with Gasteiger partial charge in [-0.2, -0.15) is 0 Å². The lowest BCUT2D eigenvalue weighted by atomic mass is 10.0. The summed E-state index contributed by atoms with van der Waals surface area (Å²) in [5.74, 6) is -0.00558. The third kappa shape index (κ3) is 5.52. The van der Waals surface area contributed by atoms with Gasteiger partial charge in [0.05, 0.1) is 23.9 Å². The van der Waals surface area contributed by atoms with Crippen LogP contribution in [0.5, 0.6) is 0 Å². The Bertz CT molecular complexity index is 718. The van der Waals surface area contributed by atoms with Crippen LogP contribution in [-0.4, -0.2) is 44.1 Å². The molecule has 2 heterocycles. The number of amides is 1. The summed E-state index contributed by atoms with van der Waals surface area (Å²) in [5, 5.41) is 15.4. The third-order valence-corrected chi connectivity index (χ3v) is 5.72. The molecule has 2 aromatic rings. The SMILES string of the molecule is CCC[C@H](NC(=O)[C@H](C)Sc1nnnn1C[C@@H]1CCCO1)c1ccccc1. The number of carbonyl (C=O) groups excluding carboxylic acids is 1. The Labute approximate surface area is 164 Å². The Morgan fingerprint density at radius 3 is 2.93 bits per heavy atom. The van der Waals surface area contributed by atoms with Crippen LogP contribution in [0.3, 0.4) is 0 Å². The summed E-state index contributed by atoms with van der Waals surface area (Å²) in [6.07, 6.45) is 4.16. The van der Waals surface area contributed by atoms with Gasteiger partial charge in [-0.05, 0) is 42.2 Å². The van der Waals surface area contributed by atoms with E-state index in [-0.39, 0.29) is 23.3 Å². The number of aromatic nitrogens is 4. The number of hydrogen-bond donors (Lipinski definition) is 1. The minimum Gasteiger partial charge on any atom is -0.376 e. The first-order chi connectivity index (χ1) is 13.2. The predicted molar refractivity (Wildman–Crippen MR) is 104 cm³/mol. The number of carbonyl (C=O) groups is 1. The molecule has 146 valence electrons. The van der Waals surface area contributed by atoms with Crippen molar-refractivity contribution in [2.45, 2.75) is 68.6 Å². The van der Waals surface area contributed by atoms with Crippen molar-refractivity contribution >= 4 is 17.7 Å². The van der Waals surface area contributed by atoms with E-state index in [2.05, 4.69) is 39.9 Å². The maximum absolute atomic E-state index is 12.7. The molecule has 7 nitrogen and oxygen atoms in total. The molecule has 1 aromatic heterocycles. The van der Waals surface area contributed by atoms with Crippen molar-refractivity contribution in [2.24, 2.45) is 0 Å². The lowest BCUT2D eigenvalue weighted by molar-refractivity contribution is -0.121. The first-order valence-electron chi connectivity index (χ1n) is 9.57. The van der Waals surface area contributed by atoms with Crippen LogP contribution in [0.1, 0.15) is 51.1 Å². The van der Waals surface area contributed by atoms with Gasteiger partial charge >= 0.3 is 0 Å². The van der Waals surface area contributed by atoms with E-state index >= 15 is 0 Å². The molecule has 0 spiro atoms. The molecule has 0 saturated carbocycles. The van der Waals surface area contributed by atoms with E-state index in [0.29, 0.717) is 11.7 Å². The molecule has 0 bridgehead atoms. The molecule has 1 aliphatic rings. The van der Waals surface area contributed by atoms with Crippen molar-refractivity contribution in [3.8, 4) is 0 Å². The molecule has 1 N–H and O–H groups in total. The van der Waals surface area contributed by atoms with E-state index < -0.39 is 0 Å². The number of rotatable bonds is 9. The van der Waals surface area contributed by atoms with Crippen molar-refractivity contribution in [3.05, 3.63) is 35.9 Å². The van der Waals surface area contributed by atoms with Crippen molar-refractivity contribution in [3.63, 3.8) is 0 Å². The standard InChI is InChI=1S/C19H27N5O2S/c1-3-8-17(15-9-5-4-6-10-15)20-18(25)14(2)27-19-21-22-23-24(19)13-16-11-7-12-26-16/h4-6,9-10,14,16-17H,3,7-8,11-13H2,1-2H3,(H,20,25)/t14-,16-,17-/m0/s1. The van der Waals surface area contributed by atoms with Crippen LogP contribution in [0.25, 0.3) is 0 Å². The highest BCUT2D eigenvalue weighted by molar-refractivity contribution is 8.00. The average molecular weight is 390 g/mol. The number of nitrogens with zero attached hydrogens (tertiary/aromatic N) is 4. The Morgan fingerprint density at radius 2 is 2.22 bits per heavy atom. The monoisotopic (exact) mass is 389 g/mol. The highest BCUT2D eigenvalue weighted by Crippen LogP contribution is 2.24. The molecule has 1 saturated heterocycles. The molecule has 3 rings (SSSR count). The second-order valence-electron chi connectivity index (χ2n) is 6.80. The van der Waals surface area contributed by atoms with Gasteiger partial charge in [0, 0.05) is 6.61 Å². The van der Waals surface area contributed by atoms with Crippen molar-refractivity contribution in [1.29, 1.82) is 0 Å². The van der Waals surface area contributed by atoms with Crippen LogP contribution < -0.4 is 5.32 Å². The van der Waals surface area contributed by atoms with Crippen molar-refractivity contribution in [2.75, 3.05) is 6.61 Å². The molecule has 0 aliphatic carbocycles. The van der Waals surface area contributed by atoms with Crippen LogP contribution in [0, 0.1) is 0 Å². The third-order valence-electron chi connectivity index (χ3n) is 4.65. The number of benzene rings is 1. The fraction of sp³-hybridized carbons (Fsp3) is 0.579. The van der Waals surface area contributed by atoms with Crippen molar-refractivity contribution < 1.29 is 9.53 Å². The van der Waals surface area contributed by atoms with E-state index in [0.717, 1.165) is 37.9 Å². The topological polar surface area (TPSA) is 81.9 Å². The van der Waals surface area contributed by atoms with E-state index in [9.17, 15) is 4.79 Å². The molecule has 1 fully saturated rings. The number of thioether (sulfide) groups is 1. The smallest absolute Gasteiger partial charge is 0.233 e. The first-order valence-corrected chi connectivity index (χ1v) is 10.4. The van der Waals surface area contributed by atoms with E-state index in [1.807, 2.05) is 25.1 Å². The fourth-order valence-corrected chi connectivity index (χ4v) is 3.98. The normalized spacial score (nSPS) is 19.0. The molecular weight excluding hydrogens is 362 g/mol. The van der Waals surface area contributed by atoms with Gasteiger partial charge in [0.2, 0.25) is 11.1 Å². The Morgan fingerprint density at radius 1 is 1.41 bits per heavy atom. The van der Waals surface area contributed by atoms with Gasteiger partial charge < -0.3 is 10.1 Å². The average Bonchev–Trinajstić information content (AvgIpc) is 3.35. The van der Waals surface area contributed by atoms with Gasteiger partial charge in [0.15, 0.2) is 0 Å². The first kappa shape index (κ1) is 19.8. The minimum absolute atomic E-state index is 0.00558. The van der Waals surface area contributed by atoms with Crippen LogP contribution in [0.4, 0.5) is 0 Å². The molecule has 1 amide bonds. The molecule has 0 unspecified atom stereocenters. The summed E-state index contributed by atoms with van der Waals surface area (Å²) in [6.45, 7) is 5.44. The van der Waals surface area contributed by atoms with Gasteiger partial charge in [-0.25, -0.2) is 4.68 Å². The van der Waals surface area contributed by atoms with Crippen LogP contribution in [0.15, 0.2) is 35.5 Å². The molecule has 27 heavy (non-hydrogen) atoms. The quantitative estimate of drug-likeness (QED) is 0.664. The van der Waals surface area contributed by atoms with E-state index in [4.69, 9.17) is 4.74 Å². The molecule has 1 aromatic carbocycles. The van der Waals surface area contributed by atoms with Gasteiger partial charge in [-0.15, -0.1) is 5.10 Å². The zero-order valence-electron chi connectivity index (χ0n) is 15.9. The zero-order valence-corrected chi connectivity index (χ0v) is 16.7. The minimum atomic E-state index is -0.290. The molecule has 1 aliphatic heterocycles. The second-order valence-corrected chi connectivity index (χ2v) is 8.11. The largest absolute Gasteiger partial charge is 0.376 e. The van der Waals surface area contributed by atoms with Crippen LogP contribution in [-0.2, 0) is 16.1 Å². The fourth-order valence-electron chi connectivity index (χ4n) is 3.17. The zero-order chi connectivity index (χ0) is 19.1. The number of tetrazole rings is 1. The van der Waals surface area contributed by atoms with Gasteiger partial charge in [-0.3, -0.25) is 4.79 Å². The van der Waals surface area contributed by atoms with Crippen molar-refractivity contribution in [1.82, 2.24) is 25.5 Å². The highest BCUT2D eigenvalue weighted by Gasteiger charge is 2.24. The summed E-state index contributed by atoms with van der Waals surface area (Å²) >= 11 is 1.38. The Balaban J connectivity index is 1.59. The predicted octanol–water partition coefficient (Wildman–Crippen LogP) is 2.99. The Kier molecular flexibility index (Phi) is 7.23. The summed E-state index contributed by atoms with van der Waals surface area (Å²) in [5.41, 5.74) is 1.13. The van der Waals surface area contributed by atoms with Crippen LogP contribution >= 0.6 is 11.8 Å². The molecule has 8 heteroatoms. The number of nitrogens with one attached hydrogen (secondary N) is 1. The number of hydrogen-bond acceptors (Lipinski definition) is 6. The number of ether oxygens (including phenoxy) is 1. The molecule has 3 atom stereocenters. The lowest BCUT2D eigenvalue weighted by Gasteiger charge is -2.21. The summed E-state index contributed by atoms with van der Waals surface area (Å²) in [7, 11) is 0. The maximum Gasteiger partial charge on any atom is 0.233 e. The van der Waals surface area contributed by atoms with Gasteiger partial charge in [0.25, 0.3) is 0 Å². The lowest BCUT2D eigenvalue weighted by Crippen LogP contribution is -2.34. The van der Waals surface area contributed by atoms with Gasteiger partial charge in [-0.1, -0.05) is 55.4 Å². The van der Waals surface area contributed by atoms with Gasteiger partial charge in [0.1, 0.15) is 0 Å². The van der Waals surface area contributed by atoms with Crippen LogP contribution in [0.2, 0.25) is 0 Å². The summed E-state index contributed by atoms with van der Waals surface area (Å²) < 4.78 is 7.40. The Hall–Kier alpha value is -1.93. The summed E-state index contributed by atoms with van der Waals surface area (Å²) in [6, 6.07) is 10.1. The molecular formula is C19H27N5O2S. The maximum atomic E-state index is 12.7. The van der Waals surface area contributed by atoms with E-state index in [1.165, 1.54) is 11.8 Å². The van der Waals surface area contributed by atoms with E-state index in [1.54, 1.807) is 4.68 Å². The highest BCUT2D eigenvalue weighted by atomic mass is 32.2. The molecule has 0 radical (unpaired) electrons. The summed E-state index contributed by atoms with van der Waals surface area (Å²) in [4.78, 5) is 12.7. The second kappa shape index (κ2) is 9.85.